The Morgan fingerprint density at radius 3 is 2.55 bits per heavy atom. The molecule has 2 aliphatic heterocycles. The lowest BCUT2D eigenvalue weighted by Gasteiger charge is -2.42. The molecule has 0 bridgehead atoms. The van der Waals surface area contributed by atoms with E-state index in [1.165, 1.54) is 48.7 Å². The molecule has 3 aromatic carbocycles. The highest BCUT2D eigenvalue weighted by molar-refractivity contribution is 6.01. The predicted molar refractivity (Wildman–Crippen MR) is 182 cm³/mol. The van der Waals surface area contributed by atoms with Gasteiger partial charge in [0.05, 0.1) is 23.3 Å². The molecular weight excluding hydrogens is 590 g/mol. The molecule has 1 unspecified atom stereocenters. The number of piperidine rings is 1. The highest BCUT2D eigenvalue weighted by atomic mass is 16.5. The Labute approximate surface area is 273 Å². The summed E-state index contributed by atoms with van der Waals surface area (Å²) in [5, 5.41) is 14.3. The summed E-state index contributed by atoms with van der Waals surface area (Å²) in [5.74, 6) is 1.10. The van der Waals surface area contributed by atoms with Gasteiger partial charge in [-0.2, -0.15) is 0 Å². The third-order valence-electron chi connectivity index (χ3n) is 10.8. The van der Waals surface area contributed by atoms with Crippen molar-refractivity contribution in [1.29, 1.82) is 0 Å². The van der Waals surface area contributed by atoms with E-state index in [0.717, 1.165) is 27.9 Å². The van der Waals surface area contributed by atoms with Gasteiger partial charge < -0.3 is 24.7 Å². The topological polar surface area (TPSA) is 112 Å². The minimum Gasteiger partial charge on any atom is -0.491 e. The van der Waals surface area contributed by atoms with E-state index in [0.29, 0.717) is 56.4 Å². The first-order valence-electron chi connectivity index (χ1n) is 17.0. The number of ether oxygens (including phenoxy) is 1. The maximum absolute atomic E-state index is 14.3. The zero-order chi connectivity index (χ0) is 32.1. The number of imidazole rings is 1. The van der Waals surface area contributed by atoms with Crippen molar-refractivity contribution in [3.05, 3.63) is 83.7 Å². The summed E-state index contributed by atoms with van der Waals surface area (Å²) >= 11 is 0. The molecule has 5 aromatic rings. The second-order valence-electron chi connectivity index (χ2n) is 13.5. The lowest BCUT2D eigenvalue weighted by Crippen LogP contribution is -2.56. The highest BCUT2D eigenvalue weighted by Gasteiger charge is 2.42. The van der Waals surface area contributed by atoms with Crippen LogP contribution in [0.25, 0.3) is 33.2 Å². The third-order valence-corrected chi connectivity index (χ3v) is 10.8. The first-order chi connectivity index (χ1) is 22.9. The van der Waals surface area contributed by atoms with Crippen LogP contribution in [-0.2, 0) is 16.9 Å². The van der Waals surface area contributed by atoms with E-state index >= 15 is 0 Å². The first kappa shape index (κ1) is 29.8. The van der Waals surface area contributed by atoms with E-state index in [4.69, 9.17) is 9.72 Å². The number of hydrogen-bond acceptors (Lipinski definition) is 5. The maximum atomic E-state index is 14.3. The molecule has 0 radical (unpaired) electrons. The fourth-order valence-corrected chi connectivity index (χ4v) is 8.22. The van der Waals surface area contributed by atoms with Gasteiger partial charge in [0.25, 0.3) is 5.91 Å². The van der Waals surface area contributed by atoms with Crippen molar-refractivity contribution < 1.29 is 19.4 Å². The number of aromatic nitrogens is 3. The highest BCUT2D eigenvalue weighted by Crippen LogP contribution is 2.47. The molecule has 0 spiro atoms. The van der Waals surface area contributed by atoms with Crippen LogP contribution in [0.15, 0.2) is 66.7 Å². The number of likely N-dealkylation sites (tertiary alicyclic amines) is 1. The molecule has 3 N–H and O–H groups in total. The molecule has 2 fully saturated rings. The molecular formula is C38H41N5O4. The lowest BCUT2D eigenvalue weighted by molar-refractivity contribution is -0.143. The van der Waals surface area contributed by atoms with Gasteiger partial charge in [0.2, 0.25) is 0 Å². The summed E-state index contributed by atoms with van der Waals surface area (Å²) in [5.41, 5.74) is 6.40. The molecule has 2 aromatic heterocycles. The summed E-state index contributed by atoms with van der Waals surface area (Å²) in [6.45, 7) is 4.05. The summed E-state index contributed by atoms with van der Waals surface area (Å²) < 4.78 is 8.61. The van der Waals surface area contributed by atoms with Crippen molar-refractivity contribution in [1.82, 2.24) is 24.8 Å². The number of nitrogens with zero attached hydrogens (tertiary/aromatic N) is 3. The van der Waals surface area contributed by atoms with Crippen LogP contribution >= 0.6 is 0 Å². The minimum atomic E-state index is -0.842. The van der Waals surface area contributed by atoms with Crippen LogP contribution in [0.5, 0.6) is 5.75 Å². The molecule has 1 amide bonds. The molecule has 242 valence electrons. The number of rotatable bonds is 6. The Morgan fingerprint density at radius 2 is 1.77 bits per heavy atom. The molecule has 1 atom stereocenters. The largest absolute Gasteiger partial charge is 0.491 e. The lowest BCUT2D eigenvalue weighted by atomic mass is 9.81. The Morgan fingerprint density at radius 1 is 1.00 bits per heavy atom. The first-order valence-corrected chi connectivity index (χ1v) is 17.0. The van der Waals surface area contributed by atoms with Crippen LogP contribution in [0.3, 0.4) is 0 Å². The predicted octanol–water partition coefficient (Wildman–Crippen LogP) is 6.82. The van der Waals surface area contributed by atoms with E-state index in [2.05, 4.69) is 45.2 Å². The fourth-order valence-electron chi connectivity index (χ4n) is 8.22. The van der Waals surface area contributed by atoms with E-state index in [9.17, 15) is 14.7 Å². The number of para-hydroxylation sites is 3. The standard InChI is InChI=1S/C38H41N5O4/c1-24(36(45)46)42-19-17-38(18-20-42,37-39-29-12-6-7-13-30(29)40-37)41-35(44)26-15-16-27-31(23-26)43-21-22-47-32-14-8-5-11-28(32)34(43)33(27)25-9-3-2-4-10-25/h5-8,11-16,23-25H,2-4,9-10,17-22H2,1H3,(H,39,40)(H,41,44)(H,45,46). The summed E-state index contributed by atoms with van der Waals surface area (Å²) in [6.07, 6.45) is 7.19. The number of carboxylic acid groups (broad SMARTS) is 1. The average Bonchev–Trinajstić information content (AvgIpc) is 3.63. The molecule has 1 saturated carbocycles. The number of aromatic amines is 1. The van der Waals surface area contributed by atoms with Gasteiger partial charge in [-0.3, -0.25) is 14.5 Å². The number of benzene rings is 3. The molecule has 1 aliphatic carbocycles. The van der Waals surface area contributed by atoms with Crippen molar-refractivity contribution in [2.75, 3.05) is 19.7 Å². The van der Waals surface area contributed by atoms with Gasteiger partial charge in [-0.05, 0) is 80.5 Å². The van der Waals surface area contributed by atoms with Crippen molar-refractivity contribution in [3.63, 3.8) is 0 Å². The average molecular weight is 632 g/mol. The van der Waals surface area contributed by atoms with Crippen LogP contribution < -0.4 is 10.1 Å². The van der Waals surface area contributed by atoms with Gasteiger partial charge in [-0.25, -0.2) is 4.98 Å². The molecule has 9 nitrogen and oxygen atoms in total. The third kappa shape index (κ3) is 5.17. The summed E-state index contributed by atoms with van der Waals surface area (Å²) in [7, 11) is 0. The van der Waals surface area contributed by atoms with E-state index in [1.54, 1.807) is 6.92 Å². The summed E-state index contributed by atoms with van der Waals surface area (Å²) in [6, 6.07) is 21.8. The SMILES string of the molecule is CC(C(=O)O)N1CCC(NC(=O)c2ccc3c(C4CCCCC4)c4n(c3c2)CCOc2ccccc2-4)(c2nc3ccccc3[nH]2)CC1. The van der Waals surface area contributed by atoms with Gasteiger partial charge in [-0.1, -0.05) is 49.6 Å². The number of nitrogens with one attached hydrogen (secondary N) is 2. The normalized spacial score (nSPS) is 19.0. The molecule has 9 heteroatoms. The second kappa shape index (κ2) is 11.9. The van der Waals surface area contributed by atoms with Crippen LogP contribution in [0.1, 0.15) is 79.5 Å². The molecule has 3 aliphatic rings. The van der Waals surface area contributed by atoms with Crippen LogP contribution in [0, 0.1) is 0 Å². The number of aliphatic carboxylic acids is 1. The fraction of sp³-hybridized carbons (Fsp3) is 0.395. The van der Waals surface area contributed by atoms with Gasteiger partial charge in [0.1, 0.15) is 29.8 Å². The zero-order valence-corrected chi connectivity index (χ0v) is 26.8. The van der Waals surface area contributed by atoms with E-state index in [-0.39, 0.29) is 5.91 Å². The Hall–Kier alpha value is -4.63. The van der Waals surface area contributed by atoms with Crippen molar-refractivity contribution in [3.8, 4) is 17.0 Å². The Bertz CT molecular complexity index is 1950. The van der Waals surface area contributed by atoms with E-state index in [1.807, 2.05) is 41.3 Å². The molecule has 1 saturated heterocycles. The molecule has 47 heavy (non-hydrogen) atoms. The van der Waals surface area contributed by atoms with E-state index < -0.39 is 17.6 Å². The van der Waals surface area contributed by atoms with Gasteiger partial charge >= 0.3 is 5.97 Å². The van der Waals surface area contributed by atoms with Crippen LogP contribution in [-0.4, -0.2) is 62.2 Å². The monoisotopic (exact) mass is 631 g/mol. The number of H-pyrrole nitrogens is 1. The number of carbonyl (C=O) groups is 2. The quantitative estimate of drug-likeness (QED) is 0.190. The number of carbonyl (C=O) groups excluding carboxylic acids is 1. The summed E-state index contributed by atoms with van der Waals surface area (Å²) in [4.78, 5) is 36.5. The number of fused-ring (bicyclic) bond motifs is 6. The van der Waals surface area contributed by atoms with Crippen molar-refractivity contribution >= 4 is 33.8 Å². The molecule has 8 rings (SSSR count). The Kier molecular flexibility index (Phi) is 7.51. The Balaban J connectivity index is 1.19. The number of carboxylic acids is 1. The minimum absolute atomic E-state index is 0.160. The second-order valence-corrected chi connectivity index (χ2v) is 13.5. The number of amides is 1. The van der Waals surface area contributed by atoms with Crippen LogP contribution in [0.4, 0.5) is 0 Å². The van der Waals surface area contributed by atoms with Gasteiger partial charge in [-0.15, -0.1) is 0 Å². The van der Waals surface area contributed by atoms with Gasteiger partial charge in [0.15, 0.2) is 0 Å². The van der Waals surface area contributed by atoms with Crippen molar-refractivity contribution in [2.24, 2.45) is 0 Å². The zero-order valence-electron chi connectivity index (χ0n) is 26.8. The maximum Gasteiger partial charge on any atom is 0.320 e. The smallest absolute Gasteiger partial charge is 0.320 e. The van der Waals surface area contributed by atoms with Gasteiger partial charge in [0, 0.05) is 35.1 Å². The molecule has 4 heterocycles. The van der Waals surface area contributed by atoms with Crippen molar-refractivity contribution in [2.45, 2.75) is 75.9 Å². The number of hydrogen-bond donors (Lipinski definition) is 3. The van der Waals surface area contributed by atoms with Crippen LogP contribution in [0.2, 0.25) is 0 Å².